The third kappa shape index (κ3) is 2.66. The highest BCUT2D eigenvalue weighted by molar-refractivity contribution is 6.03. The summed E-state index contributed by atoms with van der Waals surface area (Å²) in [6.07, 6.45) is 0.542. The van der Waals surface area contributed by atoms with Gasteiger partial charge in [-0.2, -0.15) is 0 Å². The molecule has 2 aromatic rings. The molecule has 2 atom stereocenters. The van der Waals surface area contributed by atoms with Crippen LogP contribution in [0.2, 0.25) is 0 Å². The molecule has 1 saturated heterocycles. The molecule has 0 radical (unpaired) electrons. The zero-order valence-electron chi connectivity index (χ0n) is 12.0. The van der Waals surface area contributed by atoms with Crippen LogP contribution < -0.4 is 0 Å². The molecule has 1 aromatic carbocycles. The number of aliphatic hydroxyl groups is 1. The fourth-order valence-electron chi connectivity index (χ4n) is 2.90. The summed E-state index contributed by atoms with van der Waals surface area (Å²) >= 11 is 0. The average molecular weight is 289 g/mol. The Morgan fingerprint density at radius 1 is 1.43 bits per heavy atom. The van der Waals surface area contributed by atoms with E-state index in [1.165, 1.54) is 0 Å². The molecule has 1 fully saturated rings. The highest BCUT2D eigenvalue weighted by Gasteiger charge is 2.27. The van der Waals surface area contributed by atoms with E-state index < -0.39 is 5.97 Å². The third-order valence-corrected chi connectivity index (χ3v) is 4.25. The van der Waals surface area contributed by atoms with Crippen LogP contribution in [0.15, 0.2) is 28.7 Å². The number of fused-ring (bicyclic) bond motifs is 1. The molecule has 2 heterocycles. The Balaban J connectivity index is 1.90. The van der Waals surface area contributed by atoms with E-state index in [1.54, 1.807) is 18.2 Å². The SMILES string of the molecule is CC1CCN(Cc2oc3ccccc3c2C(=O)O)CC1O. The predicted molar refractivity (Wildman–Crippen MR) is 78.2 cm³/mol. The summed E-state index contributed by atoms with van der Waals surface area (Å²) in [5.41, 5.74) is 0.828. The maximum atomic E-state index is 11.5. The van der Waals surface area contributed by atoms with Crippen molar-refractivity contribution < 1.29 is 19.4 Å². The normalized spacial score (nSPS) is 23.5. The van der Waals surface area contributed by atoms with E-state index in [0.717, 1.165) is 13.0 Å². The molecule has 5 nitrogen and oxygen atoms in total. The van der Waals surface area contributed by atoms with Gasteiger partial charge in [-0.3, -0.25) is 4.90 Å². The highest BCUT2D eigenvalue weighted by atomic mass is 16.4. The van der Waals surface area contributed by atoms with Crippen LogP contribution in [0, 0.1) is 5.92 Å². The van der Waals surface area contributed by atoms with Crippen molar-refractivity contribution in [2.24, 2.45) is 5.92 Å². The number of piperidine rings is 1. The molecule has 0 saturated carbocycles. The lowest BCUT2D eigenvalue weighted by molar-refractivity contribution is 0.0233. The standard InChI is InChI=1S/C16H19NO4/c1-10-6-7-17(8-12(10)18)9-14-15(16(19)20)11-4-2-3-5-13(11)21-14/h2-5,10,12,18H,6-9H2,1H3,(H,19,20). The molecule has 0 spiro atoms. The number of aliphatic hydroxyl groups excluding tert-OH is 1. The van der Waals surface area contributed by atoms with Gasteiger partial charge in [0.1, 0.15) is 16.9 Å². The first-order valence-electron chi connectivity index (χ1n) is 7.20. The van der Waals surface area contributed by atoms with Gasteiger partial charge in [0.2, 0.25) is 0 Å². The molecule has 21 heavy (non-hydrogen) atoms. The summed E-state index contributed by atoms with van der Waals surface area (Å²) in [7, 11) is 0. The summed E-state index contributed by atoms with van der Waals surface area (Å²) in [6, 6.07) is 7.17. The summed E-state index contributed by atoms with van der Waals surface area (Å²) < 4.78 is 5.72. The second-order valence-electron chi connectivity index (χ2n) is 5.77. The van der Waals surface area contributed by atoms with Crippen LogP contribution in [0.5, 0.6) is 0 Å². The zero-order valence-corrected chi connectivity index (χ0v) is 12.0. The summed E-state index contributed by atoms with van der Waals surface area (Å²) in [5.74, 6) is -0.220. The molecule has 2 N–H and O–H groups in total. The number of nitrogens with zero attached hydrogens (tertiary/aromatic N) is 1. The molecule has 2 unspecified atom stereocenters. The first kappa shape index (κ1) is 14.1. The van der Waals surface area contributed by atoms with Crippen molar-refractivity contribution in [3.63, 3.8) is 0 Å². The monoisotopic (exact) mass is 289 g/mol. The number of aromatic carboxylic acids is 1. The van der Waals surface area contributed by atoms with Crippen LogP contribution in [0.25, 0.3) is 11.0 Å². The van der Waals surface area contributed by atoms with E-state index in [9.17, 15) is 15.0 Å². The number of para-hydroxylation sites is 1. The minimum Gasteiger partial charge on any atom is -0.478 e. The first-order chi connectivity index (χ1) is 10.1. The number of furan rings is 1. The van der Waals surface area contributed by atoms with Crippen molar-refractivity contribution in [2.45, 2.75) is 26.0 Å². The van der Waals surface area contributed by atoms with E-state index in [2.05, 4.69) is 4.90 Å². The quantitative estimate of drug-likeness (QED) is 0.907. The number of β-amino-alcohol motifs (C(OH)–C–C–N with tert-alkyl or cyclic N) is 1. The van der Waals surface area contributed by atoms with Gasteiger partial charge in [-0.15, -0.1) is 0 Å². The molecule has 1 aliphatic rings. The maximum absolute atomic E-state index is 11.5. The summed E-state index contributed by atoms with van der Waals surface area (Å²) in [5, 5.41) is 20.0. The van der Waals surface area contributed by atoms with E-state index in [-0.39, 0.29) is 17.6 Å². The second kappa shape index (κ2) is 5.50. The van der Waals surface area contributed by atoms with Gasteiger partial charge >= 0.3 is 5.97 Å². The number of benzene rings is 1. The van der Waals surface area contributed by atoms with Crippen molar-refractivity contribution >= 4 is 16.9 Å². The van der Waals surface area contributed by atoms with Gasteiger partial charge in [0.15, 0.2) is 0 Å². The smallest absolute Gasteiger partial charge is 0.339 e. The lowest BCUT2D eigenvalue weighted by Gasteiger charge is -2.33. The lowest BCUT2D eigenvalue weighted by atomic mass is 9.96. The van der Waals surface area contributed by atoms with Crippen LogP contribution in [0.4, 0.5) is 0 Å². The van der Waals surface area contributed by atoms with Crippen LogP contribution in [0.1, 0.15) is 29.5 Å². The van der Waals surface area contributed by atoms with Gasteiger partial charge in [0, 0.05) is 11.9 Å². The summed E-state index contributed by atoms with van der Waals surface area (Å²) in [6.45, 7) is 3.84. The maximum Gasteiger partial charge on any atom is 0.339 e. The molecule has 0 amide bonds. The van der Waals surface area contributed by atoms with Gasteiger partial charge in [-0.05, 0) is 24.9 Å². The minimum absolute atomic E-state index is 0.235. The van der Waals surface area contributed by atoms with Gasteiger partial charge in [0.05, 0.1) is 12.6 Å². The third-order valence-electron chi connectivity index (χ3n) is 4.25. The van der Waals surface area contributed by atoms with Gasteiger partial charge in [0.25, 0.3) is 0 Å². The molecular formula is C16H19NO4. The second-order valence-corrected chi connectivity index (χ2v) is 5.77. The first-order valence-corrected chi connectivity index (χ1v) is 7.20. The Kier molecular flexibility index (Phi) is 3.69. The molecular weight excluding hydrogens is 270 g/mol. The Hall–Kier alpha value is -1.85. The van der Waals surface area contributed by atoms with Crippen LogP contribution in [-0.2, 0) is 6.54 Å². The Morgan fingerprint density at radius 2 is 2.19 bits per heavy atom. The minimum atomic E-state index is -0.971. The lowest BCUT2D eigenvalue weighted by Crippen LogP contribution is -2.42. The van der Waals surface area contributed by atoms with E-state index >= 15 is 0 Å². The molecule has 3 rings (SSSR count). The molecule has 1 aliphatic heterocycles. The van der Waals surface area contributed by atoms with Crippen molar-refractivity contribution in [3.8, 4) is 0 Å². The Labute approximate surface area is 122 Å². The molecule has 5 heteroatoms. The molecule has 112 valence electrons. The Bertz CT molecular complexity index is 663. The Morgan fingerprint density at radius 3 is 2.90 bits per heavy atom. The fraction of sp³-hybridized carbons (Fsp3) is 0.438. The average Bonchev–Trinajstić information content (AvgIpc) is 2.80. The number of carboxylic acids is 1. The van der Waals surface area contributed by atoms with Gasteiger partial charge < -0.3 is 14.6 Å². The number of hydrogen-bond acceptors (Lipinski definition) is 4. The van der Waals surface area contributed by atoms with Crippen molar-refractivity contribution in [1.82, 2.24) is 4.90 Å². The topological polar surface area (TPSA) is 73.9 Å². The largest absolute Gasteiger partial charge is 0.478 e. The van der Waals surface area contributed by atoms with E-state index in [0.29, 0.717) is 29.8 Å². The number of carboxylic acid groups (broad SMARTS) is 1. The van der Waals surface area contributed by atoms with Crippen molar-refractivity contribution in [2.75, 3.05) is 13.1 Å². The van der Waals surface area contributed by atoms with Crippen LogP contribution in [0.3, 0.4) is 0 Å². The molecule has 0 aliphatic carbocycles. The number of carbonyl (C=O) groups is 1. The van der Waals surface area contributed by atoms with Crippen LogP contribution in [-0.4, -0.2) is 40.3 Å². The van der Waals surface area contributed by atoms with Gasteiger partial charge in [-0.25, -0.2) is 4.79 Å². The highest BCUT2D eigenvalue weighted by Crippen LogP contribution is 2.28. The zero-order chi connectivity index (χ0) is 15.0. The summed E-state index contributed by atoms with van der Waals surface area (Å²) in [4.78, 5) is 13.6. The van der Waals surface area contributed by atoms with E-state index in [4.69, 9.17) is 4.42 Å². The van der Waals surface area contributed by atoms with Crippen LogP contribution >= 0.6 is 0 Å². The molecule has 0 bridgehead atoms. The predicted octanol–water partition coefficient (Wildman–Crippen LogP) is 2.33. The number of hydrogen-bond donors (Lipinski definition) is 2. The molecule has 1 aromatic heterocycles. The van der Waals surface area contributed by atoms with Gasteiger partial charge in [-0.1, -0.05) is 25.1 Å². The number of rotatable bonds is 3. The van der Waals surface area contributed by atoms with E-state index in [1.807, 2.05) is 13.0 Å². The fourth-order valence-corrected chi connectivity index (χ4v) is 2.90. The number of likely N-dealkylation sites (tertiary alicyclic amines) is 1. The van der Waals surface area contributed by atoms with Crippen molar-refractivity contribution in [1.29, 1.82) is 0 Å². The van der Waals surface area contributed by atoms with Crippen molar-refractivity contribution in [3.05, 3.63) is 35.6 Å².